The maximum Gasteiger partial charge on any atom is 0.247 e. The molecule has 0 unspecified atom stereocenters. The van der Waals surface area contributed by atoms with Crippen molar-refractivity contribution in [1.82, 2.24) is 20.1 Å². The van der Waals surface area contributed by atoms with E-state index < -0.39 is 0 Å². The van der Waals surface area contributed by atoms with Crippen LogP contribution in [0.2, 0.25) is 0 Å². The van der Waals surface area contributed by atoms with Crippen LogP contribution in [0.5, 0.6) is 5.75 Å². The minimum absolute atomic E-state index is 0.109. The van der Waals surface area contributed by atoms with Gasteiger partial charge in [0.2, 0.25) is 11.9 Å². The Hall–Kier alpha value is -2.90. The number of anilines is 2. The number of hydrogen-bond acceptors (Lipinski definition) is 7. The average Bonchev–Trinajstić information content (AvgIpc) is 2.69. The summed E-state index contributed by atoms with van der Waals surface area (Å²) in [6, 6.07) is 8.03. The lowest BCUT2D eigenvalue weighted by atomic mass is 10.1. The van der Waals surface area contributed by atoms with Gasteiger partial charge in [0.1, 0.15) is 5.75 Å². The van der Waals surface area contributed by atoms with Gasteiger partial charge in [-0.15, -0.1) is 5.10 Å². The van der Waals surface area contributed by atoms with Gasteiger partial charge in [0.05, 0.1) is 13.3 Å². The van der Waals surface area contributed by atoms with Crippen LogP contribution in [0.4, 0.5) is 11.8 Å². The third-order valence-electron chi connectivity index (χ3n) is 4.43. The molecule has 0 spiro atoms. The molecule has 138 valence electrons. The molecule has 26 heavy (non-hydrogen) atoms. The Balaban J connectivity index is 1.51. The number of aromatic nitrogens is 3. The van der Waals surface area contributed by atoms with Crippen LogP contribution < -0.4 is 15.0 Å². The number of benzene rings is 1. The fourth-order valence-electron chi connectivity index (χ4n) is 2.86. The number of methoxy groups -OCH3 is 1. The van der Waals surface area contributed by atoms with Crippen LogP contribution in [0, 0.1) is 0 Å². The smallest absolute Gasteiger partial charge is 0.247 e. The van der Waals surface area contributed by atoms with Gasteiger partial charge in [-0.2, -0.15) is 10.1 Å². The molecule has 1 aliphatic heterocycles. The van der Waals surface area contributed by atoms with Crippen molar-refractivity contribution in [2.75, 3.05) is 50.1 Å². The summed E-state index contributed by atoms with van der Waals surface area (Å²) in [5.74, 6) is 2.27. The largest absolute Gasteiger partial charge is 0.497 e. The first-order chi connectivity index (χ1) is 12.7. The first-order valence-corrected chi connectivity index (χ1v) is 8.72. The van der Waals surface area contributed by atoms with E-state index in [1.165, 1.54) is 5.56 Å². The Kier molecular flexibility index (Phi) is 5.83. The third-order valence-corrected chi connectivity index (χ3v) is 4.43. The third kappa shape index (κ3) is 4.59. The Morgan fingerprint density at radius 3 is 2.58 bits per heavy atom. The highest BCUT2D eigenvalue weighted by molar-refractivity contribution is 5.73. The van der Waals surface area contributed by atoms with Crippen LogP contribution >= 0.6 is 0 Å². The van der Waals surface area contributed by atoms with Gasteiger partial charge < -0.3 is 19.9 Å². The summed E-state index contributed by atoms with van der Waals surface area (Å²) in [5, 5.41) is 11.5. The summed E-state index contributed by atoms with van der Waals surface area (Å²) in [7, 11) is 1.66. The first kappa shape index (κ1) is 17.9. The van der Waals surface area contributed by atoms with Gasteiger partial charge in [-0.1, -0.05) is 12.1 Å². The number of nitrogens with one attached hydrogen (secondary N) is 1. The SMILES string of the molecule is COc1ccc(CCNc2cnnc(N3CCN(C(C)=O)CC3)n2)cc1. The average molecular weight is 356 g/mol. The molecule has 1 aromatic carbocycles. The van der Waals surface area contributed by atoms with Crippen LogP contribution in [0.15, 0.2) is 30.5 Å². The summed E-state index contributed by atoms with van der Waals surface area (Å²) in [5.41, 5.74) is 1.22. The summed E-state index contributed by atoms with van der Waals surface area (Å²) in [4.78, 5) is 19.8. The maximum atomic E-state index is 11.4. The molecule has 0 aliphatic carbocycles. The number of nitrogens with zero attached hydrogens (tertiary/aromatic N) is 5. The standard InChI is InChI=1S/C18H24N6O2/c1-14(25)23-9-11-24(12-10-23)18-21-17(13-20-22-18)19-8-7-15-3-5-16(26-2)6-4-15/h3-6,13H,7-12H2,1-2H3,(H,19,21,22). The molecule has 1 fully saturated rings. The fourth-order valence-corrected chi connectivity index (χ4v) is 2.86. The lowest BCUT2D eigenvalue weighted by Crippen LogP contribution is -2.48. The molecule has 8 heteroatoms. The topological polar surface area (TPSA) is 83.5 Å². The number of rotatable bonds is 6. The van der Waals surface area contributed by atoms with Crippen molar-refractivity contribution >= 4 is 17.7 Å². The molecule has 0 bridgehead atoms. The molecule has 0 atom stereocenters. The second kappa shape index (κ2) is 8.46. The van der Waals surface area contributed by atoms with Crippen molar-refractivity contribution in [3.63, 3.8) is 0 Å². The number of piperazine rings is 1. The minimum Gasteiger partial charge on any atom is -0.497 e. The molecular formula is C18H24N6O2. The minimum atomic E-state index is 0.109. The summed E-state index contributed by atoms with van der Waals surface area (Å²) in [6.45, 7) is 5.17. The lowest BCUT2D eigenvalue weighted by Gasteiger charge is -2.33. The quantitative estimate of drug-likeness (QED) is 0.833. The number of ether oxygens (including phenoxy) is 1. The summed E-state index contributed by atoms with van der Waals surface area (Å²) >= 11 is 0. The van der Waals surface area contributed by atoms with E-state index in [9.17, 15) is 4.79 Å². The zero-order valence-electron chi connectivity index (χ0n) is 15.2. The van der Waals surface area contributed by atoms with Crippen molar-refractivity contribution in [1.29, 1.82) is 0 Å². The van der Waals surface area contributed by atoms with Crippen molar-refractivity contribution in [2.45, 2.75) is 13.3 Å². The highest BCUT2D eigenvalue weighted by Crippen LogP contribution is 2.14. The Bertz CT molecular complexity index is 729. The van der Waals surface area contributed by atoms with Gasteiger partial charge in [-0.3, -0.25) is 4.79 Å². The van der Waals surface area contributed by atoms with E-state index >= 15 is 0 Å². The van der Waals surface area contributed by atoms with Crippen molar-refractivity contribution in [3.8, 4) is 5.75 Å². The first-order valence-electron chi connectivity index (χ1n) is 8.72. The highest BCUT2D eigenvalue weighted by Gasteiger charge is 2.20. The molecule has 1 saturated heterocycles. The maximum absolute atomic E-state index is 11.4. The lowest BCUT2D eigenvalue weighted by molar-refractivity contribution is -0.129. The molecule has 1 amide bonds. The van der Waals surface area contributed by atoms with Gasteiger partial charge in [-0.25, -0.2) is 0 Å². The van der Waals surface area contributed by atoms with Crippen molar-refractivity contribution in [2.24, 2.45) is 0 Å². The molecule has 8 nitrogen and oxygen atoms in total. The van der Waals surface area contributed by atoms with Gasteiger partial charge in [0.15, 0.2) is 5.82 Å². The predicted molar refractivity (Wildman–Crippen MR) is 99.5 cm³/mol. The molecular weight excluding hydrogens is 332 g/mol. The Labute approximate surface area is 153 Å². The van der Waals surface area contributed by atoms with E-state index in [1.807, 2.05) is 17.0 Å². The Morgan fingerprint density at radius 1 is 1.19 bits per heavy atom. The van der Waals surface area contributed by atoms with E-state index in [2.05, 4.69) is 37.5 Å². The van der Waals surface area contributed by atoms with Gasteiger partial charge >= 0.3 is 0 Å². The number of carbonyl (C=O) groups is 1. The Morgan fingerprint density at radius 2 is 1.92 bits per heavy atom. The van der Waals surface area contributed by atoms with E-state index in [1.54, 1.807) is 20.2 Å². The van der Waals surface area contributed by atoms with E-state index in [-0.39, 0.29) is 5.91 Å². The van der Waals surface area contributed by atoms with Crippen LogP contribution in [0.1, 0.15) is 12.5 Å². The number of hydrogen-bond donors (Lipinski definition) is 1. The molecule has 0 saturated carbocycles. The molecule has 1 N–H and O–H groups in total. The molecule has 3 rings (SSSR count). The van der Waals surface area contributed by atoms with Crippen LogP contribution in [0.25, 0.3) is 0 Å². The predicted octanol–water partition coefficient (Wildman–Crippen LogP) is 1.20. The van der Waals surface area contributed by atoms with Crippen molar-refractivity contribution < 1.29 is 9.53 Å². The molecule has 2 aromatic rings. The van der Waals surface area contributed by atoms with Gasteiger partial charge in [-0.05, 0) is 24.1 Å². The molecule has 0 radical (unpaired) electrons. The highest BCUT2D eigenvalue weighted by atomic mass is 16.5. The monoisotopic (exact) mass is 356 g/mol. The van der Waals surface area contributed by atoms with E-state index in [4.69, 9.17) is 4.74 Å². The summed E-state index contributed by atoms with van der Waals surface area (Å²) in [6.07, 6.45) is 2.50. The van der Waals surface area contributed by atoms with Crippen molar-refractivity contribution in [3.05, 3.63) is 36.0 Å². The fraction of sp³-hybridized carbons (Fsp3) is 0.444. The summed E-state index contributed by atoms with van der Waals surface area (Å²) < 4.78 is 5.17. The molecule has 1 aliphatic rings. The normalized spacial score (nSPS) is 14.2. The van der Waals surface area contributed by atoms with Crippen LogP contribution in [0.3, 0.4) is 0 Å². The van der Waals surface area contributed by atoms with E-state index in [0.29, 0.717) is 24.9 Å². The zero-order chi connectivity index (χ0) is 18.4. The van der Waals surface area contributed by atoms with E-state index in [0.717, 1.165) is 31.8 Å². The second-order valence-corrected chi connectivity index (χ2v) is 6.16. The van der Waals surface area contributed by atoms with Gasteiger partial charge in [0.25, 0.3) is 0 Å². The molecule has 2 heterocycles. The van der Waals surface area contributed by atoms with Gasteiger partial charge in [0, 0.05) is 39.6 Å². The zero-order valence-corrected chi connectivity index (χ0v) is 15.2. The number of amides is 1. The molecule has 1 aromatic heterocycles. The van der Waals surface area contributed by atoms with Crippen LogP contribution in [-0.4, -0.2) is 65.8 Å². The number of carbonyl (C=O) groups excluding carboxylic acids is 1. The second-order valence-electron chi connectivity index (χ2n) is 6.16. The van der Waals surface area contributed by atoms with Crippen LogP contribution in [-0.2, 0) is 11.2 Å².